The molecule has 0 spiro atoms. The van der Waals surface area contributed by atoms with Crippen molar-refractivity contribution in [2.45, 2.75) is 12.7 Å². The first-order chi connectivity index (χ1) is 8.45. The van der Waals surface area contributed by atoms with Crippen LogP contribution < -0.4 is 5.32 Å². The Bertz CT molecular complexity index is 399. The quantitative estimate of drug-likeness (QED) is 0.911. The first-order valence-corrected chi connectivity index (χ1v) is 6.41. The van der Waals surface area contributed by atoms with Crippen molar-refractivity contribution in [2.24, 2.45) is 5.92 Å². The van der Waals surface area contributed by atoms with Crippen LogP contribution in [0.5, 0.6) is 0 Å². The maximum absolute atomic E-state index is 12.2. The molecular weight excluding hydrogens is 265 g/mol. The molecule has 18 heavy (non-hydrogen) atoms. The van der Waals surface area contributed by atoms with Crippen molar-refractivity contribution < 1.29 is 18.0 Å². The molecular formula is C11H13F3N2OS. The van der Waals surface area contributed by atoms with Gasteiger partial charge in [-0.05, 0) is 11.4 Å². The van der Waals surface area contributed by atoms with E-state index >= 15 is 0 Å². The van der Waals surface area contributed by atoms with Crippen LogP contribution in [-0.4, -0.2) is 36.6 Å². The van der Waals surface area contributed by atoms with Gasteiger partial charge in [0.05, 0.1) is 19.0 Å². The van der Waals surface area contributed by atoms with E-state index in [1.54, 1.807) is 0 Å². The molecule has 1 aliphatic heterocycles. The van der Waals surface area contributed by atoms with Crippen LogP contribution in [0.3, 0.4) is 0 Å². The zero-order valence-electron chi connectivity index (χ0n) is 9.54. The minimum absolute atomic E-state index is 0.0396. The highest BCUT2D eigenvalue weighted by Crippen LogP contribution is 2.32. The molecule has 3 nitrogen and oxygen atoms in total. The molecule has 2 rings (SSSR count). The van der Waals surface area contributed by atoms with E-state index in [-0.39, 0.29) is 25.5 Å². The van der Waals surface area contributed by atoms with Crippen molar-refractivity contribution in [1.82, 2.24) is 10.2 Å². The summed E-state index contributed by atoms with van der Waals surface area (Å²) in [5, 5.41) is 4.59. The standard InChI is InChI=1S/C11H13F3N2OS/c12-11(13,14)8-5-16(6-8)7-10(17)15-4-9-2-1-3-18-9/h1-3,8H,4-7H2,(H,15,17). The minimum Gasteiger partial charge on any atom is -0.350 e. The molecule has 1 aliphatic rings. The number of carbonyl (C=O) groups is 1. The Hall–Kier alpha value is -1.08. The fourth-order valence-corrected chi connectivity index (χ4v) is 2.41. The second-order valence-corrected chi connectivity index (χ2v) is 5.32. The Morgan fingerprint density at radius 3 is 2.78 bits per heavy atom. The molecule has 0 saturated carbocycles. The van der Waals surface area contributed by atoms with Crippen molar-refractivity contribution >= 4 is 17.2 Å². The van der Waals surface area contributed by atoms with Crippen molar-refractivity contribution in [1.29, 1.82) is 0 Å². The summed E-state index contributed by atoms with van der Waals surface area (Å²) < 4.78 is 36.7. The van der Waals surface area contributed by atoms with Gasteiger partial charge < -0.3 is 5.32 Å². The SMILES string of the molecule is O=C(CN1CC(C(F)(F)F)C1)NCc1cccs1. The molecule has 100 valence electrons. The number of likely N-dealkylation sites (tertiary alicyclic amines) is 1. The lowest BCUT2D eigenvalue weighted by atomic mass is 10.00. The van der Waals surface area contributed by atoms with Gasteiger partial charge in [-0.25, -0.2) is 0 Å². The van der Waals surface area contributed by atoms with Gasteiger partial charge in [-0.3, -0.25) is 9.69 Å². The van der Waals surface area contributed by atoms with Crippen LogP contribution in [0.2, 0.25) is 0 Å². The summed E-state index contributed by atoms with van der Waals surface area (Å²) in [7, 11) is 0. The molecule has 1 aromatic rings. The van der Waals surface area contributed by atoms with Crippen LogP contribution in [0.25, 0.3) is 0 Å². The fourth-order valence-electron chi connectivity index (χ4n) is 1.76. The average molecular weight is 278 g/mol. The normalized spacial score (nSPS) is 17.5. The smallest absolute Gasteiger partial charge is 0.350 e. The highest BCUT2D eigenvalue weighted by molar-refractivity contribution is 7.09. The zero-order chi connectivity index (χ0) is 13.2. The number of hydrogen-bond acceptors (Lipinski definition) is 3. The summed E-state index contributed by atoms with van der Waals surface area (Å²) in [6.45, 7) is 0.330. The topological polar surface area (TPSA) is 32.3 Å². The van der Waals surface area contributed by atoms with E-state index in [1.807, 2.05) is 17.5 Å². The van der Waals surface area contributed by atoms with E-state index in [9.17, 15) is 18.0 Å². The number of nitrogens with zero attached hydrogens (tertiary/aromatic N) is 1. The molecule has 0 atom stereocenters. The van der Waals surface area contributed by atoms with Crippen LogP contribution in [0.15, 0.2) is 17.5 Å². The van der Waals surface area contributed by atoms with Gasteiger partial charge in [0.25, 0.3) is 0 Å². The van der Waals surface area contributed by atoms with Crippen LogP contribution in [0, 0.1) is 5.92 Å². The monoisotopic (exact) mass is 278 g/mol. The first kappa shape index (κ1) is 13.4. The van der Waals surface area contributed by atoms with E-state index in [2.05, 4.69) is 5.32 Å². The Morgan fingerprint density at radius 1 is 1.50 bits per heavy atom. The molecule has 1 aromatic heterocycles. The van der Waals surface area contributed by atoms with Gasteiger partial charge in [0, 0.05) is 18.0 Å². The molecule has 0 aliphatic carbocycles. The van der Waals surface area contributed by atoms with Gasteiger partial charge in [-0.15, -0.1) is 11.3 Å². The highest BCUT2D eigenvalue weighted by Gasteiger charge is 2.47. The first-order valence-electron chi connectivity index (χ1n) is 5.53. The lowest BCUT2D eigenvalue weighted by molar-refractivity contribution is -0.209. The lowest BCUT2D eigenvalue weighted by Gasteiger charge is -2.39. The average Bonchev–Trinajstić information content (AvgIpc) is 2.70. The number of thiophene rings is 1. The van der Waals surface area contributed by atoms with Gasteiger partial charge in [0.15, 0.2) is 0 Å². The predicted octanol–water partition coefficient (Wildman–Crippen LogP) is 1.86. The van der Waals surface area contributed by atoms with E-state index in [4.69, 9.17) is 0 Å². The molecule has 0 bridgehead atoms. The van der Waals surface area contributed by atoms with Crippen molar-refractivity contribution in [3.63, 3.8) is 0 Å². The molecule has 1 amide bonds. The maximum atomic E-state index is 12.2. The number of nitrogens with one attached hydrogen (secondary N) is 1. The minimum atomic E-state index is -4.13. The summed E-state index contributed by atoms with van der Waals surface area (Å²) in [5.74, 6) is -1.51. The number of halogens is 3. The lowest BCUT2D eigenvalue weighted by Crippen LogP contribution is -2.55. The van der Waals surface area contributed by atoms with E-state index < -0.39 is 12.1 Å². The van der Waals surface area contributed by atoms with E-state index in [0.717, 1.165) is 4.88 Å². The van der Waals surface area contributed by atoms with Crippen LogP contribution >= 0.6 is 11.3 Å². The number of alkyl halides is 3. The summed E-state index contributed by atoms with van der Waals surface area (Å²) in [4.78, 5) is 14.0. The molecule has 2 heterocycles. The molecule has 1 fully saturated rings. The number of carbonyl (C=O) groups excluding carboxylic acids is 1. The second-order valence-electron chi connectivity index (χ2n) is 4.29. The number of rotatable bonds is 4. The van der Waals surface area contributed by atoms with E-state index in [0.29, 0.717) is 6.54 Å². The highest BCUT2D eigenvalue weighted by atomic mass is 32.1. The number of amides is 1. The largest absolute Gasteiger partial charge is 0.394 e. The Morgan fingerprint density at radius 2 is 2.22 bits per heavy atom. The third-order valence-corrected chi connectivity index (χ3v) is 3.70. The summed E-state index contributed by atoms with van der Waals surface area (Å²) >= 11 is 1.53. The van der Waals surface area contributed by atoms with Crippen molar-refractivity contribution in [2.75, 3.05) is 19.6 Å². The summed E-state index contributed by atoms with van der Waals surface area (Å²) in [6.07, 6.45) is -4.13. The predicted molar refractivity (Wildman–Crippen MR) is 62.2 cm³/mol. The molecule has 7 heteroatoms. The number of hydrogen-bond donors (Lipinski definition) is 1. The molecule has 0 radical (unpaired) electrons. The third kappa shape index (κ3) is 3.46. The van der Waals surface area contributed by atoms with Gasteiger partial charge in [-0.1, -0.05) is 6.07 Å². The van der Waals surface area contributed by atoms with Gasteiger partial charge >= 0.3 is 6.18 Å². The Labute approximate surface area is 107 Å². The third-order valence-electron chi connectivity index (χ3n) is 2.83. The van der Waals surface area contributed by atoms with Crippen LogP contribution in [0.4, 0.5) is 13.2 Å². The Balaban J connectivity index is 1.65. The van der Waals surface area contributed by atoms with Gasteiger partial charge in [0.2, 0.25) is 5.91 Å². The summed E-state index contributed by atoms with van der Waals surface area (Å²) in [5.41, 5.74) is 0. The Kier molecular flexibility index (Phi) is 3.91. The molecule has 1 N–H and O–H groups in total. The maximum Gasteiger partial charge on any atom is 0.394 e. The molecule has 1 saturated heterocycles. The van der Waals surface area contributed by atoms with Crippen LogP contribution in [0.1, 0.15) is 4.88 Å². The molecule has 0 aromatic carbocycles. The van der Waals surface area contributed by atoms with Gasteiger partial charge in [-0.2, -0.15) is 13.2 Å². The fraction of sp³-hybridized carbons (Fsp3) is 0.545. The van der Waals surface area contributed by atoms with Crippen LogP contribution in [-0.2, 0) is 11.3 Å². The molecule has 0 unspecified atom stereocenters. The van der Waals surface area contributed by atoms with Gasteiger partial charge in [0.1, 0.15) is 0 Å². The van der Waals surface area contributed by atoms with E-state index in [1.165, 1.54) is 16.2 Å². The second kappa shape index (κ2) is 5.27. The zero-order valence-corrected chi connectivity index (χ0v) is 10.4. The summed E-state index contributed by atoms with van der Waals surface area (Å²) in [6, 6.07) is 3.78. The van der Waals surface area contributed by atoms with Crippen molar-refractivity contribution in [3.8, 4) is 0 Å². The van der Waals surface area contributed by atoms with Crippen molar-refractivity contribution in [3.05, 3.63) is 22.4 Å².